The number of hydrogen-bond donors (Lipinski definition) is 0. The van der Waals surface area contributed by atoms with Gasteiger partial charge in [-0.05, 0) is 13.3 Å². The molecule has 0 spiro atoms. The fraction of sp³-hybridized carbons (Fsp3) is 0.455. The summed E-state index contributed by atoms with van der Waals surface area (Å²) in [6.07, 6.45) is -1.41. The van der Waals surface area contributed by atoms with Crippen molar-refractivity contribution in [3.63, 3.8) is 0 Å². The number of hydrogen-bond acceptors (Lipinski definition) is 1. The van der Waals surface area contributed by atoms with Crippen molar-refractivity contribution in [2.75, 3.05) is 0 Å². The van der Waals surface area contributed by atoms with Gasteiger partial charge < -0.3 is 4.74 Å². The van der Waals surface area contributed by atoms with Gasteiger partial charge in [0.25, 0.3) is 5.66 Å². The Morgan fingerprint density at radius 1 is 1.29 bits per heavy atom. The Morgan fingerprint density at radius 3 is 2.12 bits per heavy atom. The molecule has 0 saturated heterocycles. The summed E-state index contributed by atoms with van der Waals surface area (Å²) in [5.74, 6) is -1.87. The lowest BCUT2D eigenvalue weighted by atomic mass is 10.2. The predicted molar refractivity (Wildman–Crippen MR) is 60.5 cm³/mol. The topological polar surface area (TPSA) is 9.23 Å². The third kappa shape index (κ3) is 3.56. The standard InChI is InChI=1S/C11H13F4OP/c1-3-10(11(14,15)17)16-7-4-8(12)6(2)9(13)5-7/h4-5,10H,3,17H2,1-2H3. The molecule has 0 N–H and O–H groups in total. The molecule has 0 amide bonds. The summed E-state index contributed by atoms with van der Waals surface area (Å²) < 4.78 is 57.3. The van der Waals surface area contributed by atoms with E-state index >= 15 is 0 Å². The smallest absolute Gasteiger partial charge is 0.294 e. The summed E-state index contributed by atoms with van der Waals surface area (Å²) >= 11 is 0. The van der Waals surface area contributed by atoms with Crippen LogP contribution < -0.4 is 4.74 Å². The van der Waals surface area contributed by atoms with E-state index in [1.807, 2.05) is 0 Å². The largest absolute Gasteiger partial charge is 0.484 e. The van der Waals surface area contributed by atoms with Crippen molar-refractivity contribution >= 4 is 9.24 Å². The Balaban J connectivity index is 2.95. The predicted octanol–water partition coefficient (Wildman–Crippen LogP) is 3.90. The molecule has 0 aliphatic heterocycles. The lowest BCUT2D eigenvalue weighted by Gasteiger charge is -2.23. The zero-order valence-electron chi connectivity index (χ0n) is 9.44. The summed E-state index contributed by atoms with van der Waals surface area (Å²) in [5.41, 5.74) is -3.31. The maximum atomic E-state index is 13.2. The Kier molecular flexibility index (Phi) is 4.36. The second kappa shape index (κ2) is 5.21. The van der Waals surface area contributed by atoms with Gasteiger partial charge in [-0.25, -0.2) is 8.78 Å². The summed E-state index contributed by atoms with van der Waals surface area (Å²) in [7, 11) is 1.36. The first-order valence-corrected chi connectivity index (χ1v) is 5.62. The van der Waals surface area contributed by atoms with Crippen molar-refractivity contribution in [2.24, 2.45) is 0 Å². The molecule has 17 heavy (non-hydrogen) atoms. The minimum atomic E-state index is -3.15. The van der Waals surface area contributed by atoms with Crippen molar-refractivity contribution in [3.8, 4) is 5.75 Å². The first-order valence-electron chi connectivity index (χ1n) is 5.04. The van der Waals surface area contributed by atoms with E-state index in [0.717, 1.165) is 12.1 Å². The molecule has 2 unspecified atom stereocenters. The van der Waals surface area contributed by atoms with E-state index in [9.17, 15) is 17.6 Å². The van der Waals surface area contributed by atoms with Crippen molar-refractivity contribution in [1.82, 2.24) is 0 Å². The van der Waals surface area contributed by atoms with Crippen molar-refractivity contribution in [1.29, 1.82) is 0 Å². The lowest BCUT2D eigenvalue weighted by molar-refractivity contribution is -0.0216. The van der Waals surface area contributed by atoms with Gasteiger partial charge in [0.15, 0.2) is 6.10 Å². The normalized spacial score (nSPS) is 13.6. The van der Waals surface area contributed by atoms with Gasteiger partial charge in [-0.3, -0.25) is 0 Å². The molecule has 0 aliphatic rings. The first-order chi connectivity index (χ1) is 7.75. The van der Waals surface area contributed by atoms with E-state index < -0.39 is 23.4 Å². The molecule has 1 aromatic carbocycles. The fourth-order valence-electron chi connectivity index (χ4n) is 1.29. The van der Waals surface area contributed by atoms with E-state index in [1.165, 1.54) is 23.1 Å². The van der Waals surface area contributed by atoms with Gasteiger partial charge >= 0.3 is 0 Å². The molecule has 0 radical (unpaired) electrons. The molecule has 0 heterocycles. The van der Waals surface area contributed by atoms with E-state index in [0.29, 0.717) is 0 Å². The molecule has 1 nitrogen and oxygen atoms in total. The molecule has 2 atom stereocenters. The SMILES string of the molecule is CCC(Oc1cc(F)c(C)c(F)c1)C(F)(F)P. The van der Waals surface area contributed by atoms with Crippen molar-refractivity contribution < 1.29 is 22.3 Å². The molecule has 1 rings (SSSR count). The maximum absolute atomic E-state index is 13.2. The van der Waals surface area contributed by atoms with Crippen LogP contribution in [-0.2, 0) is 0 Å². The number of benzene rings is 1. The number of alkyl halides is 2. The molecular formula is C11H13F4OP. The Bertz CT molecular complexity index is 380. The Hall–Kier alpha value is -0.830. The minimum absolute atomic E-state index is 0.0214. The van der Waals surface area contributed by atoms with Crippen LogP contribution >= 0.6 is 9.24 Å². The molecule has 1 aromatic rings. The quantitative estimate of drug-likeness (QED) is 0.594. The van der Waals surface area contributed by atoms with Crippen LogP contribution in [0.15, 0.2) is 12.1 Å². The molecule has 0 fully saturated rings. The molecule has 96 valence electrons. The van der Waals surface area contributed by atoms with Crippen LogP contribution in [0, 0.1) is 18.6 Å². The highest BCUT2D eigenvalue weighted by atomic mass is 31.0. The van der Waals surface area contributed by atoms with Crippen LogP contribution in [0.4, 0.5) is 17.6 Å². The average molecular weight is 268 g/mol. The van der Waals surface area contributed by atoms with E-state index in [2.05, 4.69) is 0 Å². The van der Waals surface area contributed by atoms with E-state index in [4.69, 9.17) is 4.74 Å². The van der Waals surface area contributed by atoms with Crippen LogP contribution in [0.25, 0.3) is 0 Å². The third-order valence-electron chi connectivity index (χ3n) is 2.33. The molecule has 6 heteroatoms. The van der Waals surface area contributed by atoms with Gasteiger partial charge in [-0.1, -0.05) is 16.2 Å². The Labute approximate surface area is 99.4 Å². The Morgan fingerprint density at radius 2 is 1.76 bits per heavy atom. The summed E-state index contributed by atoms with van der Waals surface area (Å²) in [4.78, 5) is 0. The third-order valence-corrected chi connectivity index (χ3v) is 2.70. The van der Waals surface area contributed by atoms with Crippen LogP contribution in [0.1, 0.15) is 18.9 Å². The molecule has 0 bridgehead atoms. The van der Waals surface area contributed by atoms with Gasteiger partial charge in [0.2, 0.25) is 0 Å². The molecule has 0 saturated carbocycles. The fourth-order valence-corrected chi connectivity index (χ4v) is 1.59. The van der Waals surface area contributed by atoms with Crippen LogP contribution in [0.2, 0.25) is 0 Å². The van der Waals surface area contributed by atoms with Crippen molar-refractivity contribution in [2.45, 2.75) is 32.0 Å². The van der Waals surface area contributed by atoms with Crippen molar-refractivity contribution in [3.05, 3.63) is 29.3 Å². The molecule has 0 aliphatic carbocycles. The first kappa shape index (κ1) is 14.2. The average Bonchev–Trinajstić information content (AvgIpc) is 2.20. The van der Waals surface area contributed by atoms with E-state index in [1.54, 1.807) is 0 Å². The molecule has 0 aromatic heterocycles. The van der Waals surface area contributed by atoms with Gasteiger partial charge in [0.05, 0.1) is 0 Å². The highest BCUT2D eigenvalue weighted by Crippen LogP contribution is 2.32. The minimum Gasteiger partial charge on any atom is -0.484 e. The highest BCUT2D eigenvalue weighted by molar-refractivity contribution is 7.18. The van der Waals surface area contributed by atoms with Gasteiger partial charge in [-0.2, -0.15) is 8.78 Å². The zero-order chi connectivity index (χ0) is 13.2. The van der Waals surface area contributed by atoms with Crippen LogP contribution in [0.3, 0.4) is 0 Å². The van der Waals surface area contributed by atoms with Crippen LogP contribution in [0.5, 0.6) is 5.75 Å². The number of ether oxygens (including phenoxy) is 1. The lowest BCUT2D eigenvalue weighted by Crippen LogP contribution is -2.32. The summed E-state index contributed by atoms with van der Waals surface area (Å²) in [5, 5.41) is 0. The second-order valence-electron chi connectivity index (χ2n) is 3.70. The van der Waals surface area contributed by atoms with E-state index in [-0.39, 0.29) is 17.7 Å². The van der Waals surface area contributed by atoms with Gasteiger partial charge in [0.1, 0.15) is 17.4 Å². The second-order valence-corrected chi connectivity index (χ2v) is 4.47. The number of halogens is 4. The monoisotopic (exact) mass is 268 g/mol. The van der Waals surface area contributed by atoms with Crippen LogP contribution in [-0.4, -0.2) is 11.8 Å². The number of rotatable bonds is 4. The molecular weight excluding hydrogens is 255 g/mol. The maximum Gasteiger partial charge on any atom is 0.294 e. The van der Waals surface area contributed by atoms with Gasteiger partial charge in [-0.15, -0.1) is 0 Å². The van der Waals surface area contributed by atoms with Gasteiger partial charge in [0, 0.05) is 17.7 Å². The summed E-state index contributed by atoms with van der Waals surface area (Å²) in [6.45, 7) is 2.76. The highest BCUT2D eigenvalue weighted by Gasteiger charge is 2.35. The zero-order valence-corrected chi connectivity index (χ0v) is 10.6. The summed E-state index contributed by atoms with van der Waals surface area (Å²) in [6, 6.07) is 1.80.